The average molecular weight is 370 g/mol. The molecule has 2 N–H and O–H groups in total. The first-order chi connectivity index (χ1) is 13.1. The van der Waals surface area contributed by atoms with Crippen LogP contribution in [0.5, 0.6) is 0 Å². The number of fused-ring (bicyclic) bond motifs is 2. The second kappa shape index (κ2) is 7.90. The van der Waals surface area contributed by atoms with Crippen molar-refractivity contribution >= 4 is 11.9 Å². The number of ether oxygens (including phenoxy) is 3. The van der Waals surface area contributed by atoms with Crippen LogP contribution in [0, 0.1) is 0 Å². The second-order valence-electron chi connectivity index (χ2n) is 6.52. The van der Waals surface area contributed by atoms with E-state index in [-0.39, 0.29) is 17.2 Å². The van der Waals surface area contributed by atoms with Gasteiger partial charge in [0.25, 0.3) is 0 Å². The van der Waals surface area contributed by atoms with Gasteiger partial charge in [0, 0.05) is 12.0 Å². The summed E-state index contributed by atoms with van der Waals surface area (Å²) in [6.07, 6.45) is 5.41. The zero-order valence-corrected chi connectivity index (χ0v) is 15.5. The van der Waals surface area contributed by atoms with Gasteiger partial charge in [-0.05, 0) is 6.08 Å². The molecule has 0 spiro atoms. The number of carbonyl (C=O) groups is 2. The molecule has 0 aliphatic carbocycles. The van der Waals surface area contributed by atoms with Crippen molar-refractivity contribution in [2.45, 2.75) is 30.7 Å². The minimum atomic E-state index is -1.05. The number of quaternary nitrogens is 1. The Morgan fingerprint density at radius 3 is 2.59 bits per heavy atom. The normalized spacial score (nSPS) is 24.0. The lowest BCUT2D eigenvalue weighted by Gasteiger charge is -2.32. The Bertz CT molecular complexity index is 798. The predicted octanol–water partition coefficient (Wildman–Crippen LogP) is 1.04. The van der Waals surface area contributed by atoms with Gasteiger partial charge < -0.3 is 19.5 Å². The highest BCUT2D eigenvalue weighted by molar-refractivity contribution is 6.05. The topological polar surface area (TPSA) is 78.4 Å². The van der Waals surface area contributed by atoms with Crippen molar-refractivity contribution in [3.63, 3.8) is 0 Å². The summed E-state index contributed by atoms with van der Waals surface area (Å²) in [5.41, 5.74) is 0.537. The summed E-state index contributed by atoms with van der Waals surface area (Å²) in [6, 6.07) is 9.83. The molecule has 1 aromatic rings. The molecule has 6 heteroatoms. The summed E-state index contributed by atoms with van der Waals surface area (Å²) in [4.78, 5) is 24.9. The van der Waals surface area contributed by atoms with E-state index < -0.39 is 23.6 Å². The lowest BCUT2D eigenvalue weighted by molar-refractivity contribution is -0.713. The van der Waals surface area contributed by atoms with Crippen LogP contribution in [0.3, 0.4) is 0 Å². The molecule has 2 bridgehead atoms. The number of rotatable bonds is 8. The molecular formula is C21H24NO5+. The number of hydrogen-bond acceptors (Lipinski definition) is 5. The van der Waals surface area contributed by atoms with Crippen LogP contribution < -0.4 is 5.32 Å². The van der Waals surface area contributed by atoms with Crippen molar-refractivity contribution in [3.8, 4) is 0 Å². The van der Waals surface area contributed by atoms with Gasteiger partial charge >= 0.3 is 11.9 Å². The van der Waals surface area contributed by atoms with Crippen LogP contribution in [-0.2, 0) is 30.3 Å². The maximum atomic E-state index is 12.6. The molecule has 0 saturated heterocycles. The quantitative estimate of drug-likeness (QED) is 0.547. The Balaban J connectivity index is 1.97. The van der Waals surface area contributed by atoms with Crippen LogP contribution in [-0.4, -0.2) is 43.9 Å². The fraction of sp³-hybridized carbons (Fsp3) is 0.333. The number of benzene rings is 1. The van der Waals surface area contributed by atoms with Gasteiger partial charge in [0.1, 0.15) is 18.7 Å². The third kappa shape index (κ3) is 3.34. The molecule has 0 radical (unpaired) electrons. The summed E-state index contributed by atoms with van der Waals surface area (Å²) in [6.45, 7) is 4.54. The minimum absolute atomic E-state index is 0.187. The van der Waals surface area contributed by atoms with Crippen LogP contribution in [0.4, 0.5) is 0 Å². The van der Waals surface area contributed by atoms with E-state index in [0.717, 1.165) is 5.56 Å². The summed E-state index contributed by atoms with van der Waals surface area (Å²) in [7, 11) is 2.58. The van der Waals surface area contributed by atoms with Crippen molar-refractivity contribution in [2.75, 3.05) is 14.2 Å². The zero-order chi connectivity index (χ0) is 19.4. The standard InChI is InChI=1S/C21H23NO5/c1-4-8-16(22-13-14-9-6-5-7-10-14)21-12-11-15(27-21)17(19(23)25-2)18(21)20(24)26-3/h4-7,9-12,15-16,22H,1,8,13H2,2-3H3/p+1/t15-,16-,21-/m1/s1. The van der Waals surface area contributed by atoms with Gasteiger partial charge in [-0.1, -0.05) is 42.5 Å². The molecule has 0 aromatic heterocycles. The zero-order valence-electron chi connectivity index (χ0n) is 15.5. The van der Waals surface area contributed by atoms with Crippen LogP contribution in [0.2, 0.25) is 0 Å². The van der Waals surface area contributed by atoms with Crippen LogP contribution in [0.15, 0.2) is 66.3 Å². The molecule has 0 fully saturated rings. The number of esters is 2. The molecule has 0 amide bonds. The van der Waals surface area contributed by atoms with E-state index in [0.29, 0.717) is 13.0 Å². The largest absolute Gasteiger partial charge is 0.466 e. The first-order valence-corrected chi connectivity index (χ1v) is 8.84. The van der Waals surface area contributed by atoms with Gasteiger partial charge in [-0.15, -0.1) is 6.58 Å². The molecule has 1 aromatic carbocycles. The fourth-order valence-corrected chi connectivity index (χ4v) is 3.78. The molecule has 3 rings (SSSR count). The molecule has 2 heterocycles. The average Bonchev–Trinajstić information content (AvgIpc) is 3.28. The van der Waals surface area contributed by atoms with Crippen molar-refractivity contribution in [1.82, 2.24) is 0 Å². The second-order valence-corrected chi connectivity index (χ2v) is 6.52. The van der Waals surface area contributed by atoms with Crippen molar-refractivity contribution in [1.29, 1.82) is 0 Å². The van der Waals surface area contributed by atoms with E-state index in [1.807, 2.05) is 36.4 Å². The number of hydrogen-bond donors (Lipinski definition) is 1. The molecule has 27 heavy (non-hydrogen) atoms. The molecular weight excluding hydrogens is 346 g/mol. The van der Waals surface area contributed by atoms with Gasteiger partial charge in [-0.2, -0.15) is 0 Å². The predicted molar refractivity (Wildman–Crippen MR) is 98.5 cm³/mol. The van der Waals surface area contributed by atoms with Crippen molar-refractivity contribution < 1.29 is 29.1 Å². The first kappa shape index (κ1) is 19.1. The smallest absolute Gasteiger partial charge is 0.337 e. The van der Waals surface area contributed by atoms with E-state index in [4.69, 9.17) is 14.2 Å². The Morgan fingerprint density at radius 1 is 1.26 bits per heavy atom. The first-order valence-electron chi connectivity index (χ1n) is 8.84. The molecule has 2 aliphatic rings. The summed E-state index contributed by atoms with van der Waals surface area (Å²) in [5, 5.41) is 2.10. The van der Waals surface area contributed by atoms with Gasteiger partial charge in [-0.25, -0.2) is 9.59 Å². The molecule has 142 valence electrons. The summed E-state index contributed by atoms with van der Waals surface area (Å²) < 4.78 is 16.0. The molecule has 0 saturated carbocycles. The SMILES string of the molecule is C=CC[C@@H]([NH2+]Cc1ccccc1)[C@@]12C=C[C@@H](O1)C(C(=O)OC)=C2C(=O)OC. The van der Waals surface area contributed by atoms with E-state index in [1.165, 1.54) is 14.2 Å². The monoisotopic (exact) mass is 370 g/mol. The van der Waals surface area contributed by atoms with Gasteiger partial charge in [0.15, 0.2) is 5.60 Å². The Kier molecular flexibility index (Phi) is 5.58. The highest BCUT2D eigenvalue weighted by atomic mass is 16.6. The van der Waals surface area contributed by atoms with Crippen molar-refractivity contribution in [2.24, 2.45) is 0 Å². The lowest BCUT2D eigenvalue weighted by atomic mass is 9.80. The number of methoxy groups -OCH3 is 2. The van der Waals surface area contributed by atoms with Gasteiger partial charge in [-0.3, -0.25) is 0 Å². The number of carbonyl (C=O) groups excluding carboxylic acids is 2. The van der Waals surface area contributed by atoms with Crippen LogP contribution in [0.25, 0.3) is 0 Å². The van der Waals surface area contributed by atoms with E-state index in [9.17, 15) is 9.59 Å². The third-order valence-corrected chi connectivity index (χ3v) is 5.03. The Morgan fingerprint density at radius 2 is 1.96 bits per heavy atom. The van der Waals surface area contributed by atoms with Crippen molar-refractivity contribution in [3.05, 3.63) is 71.8 Å². The van der Waals surface area contributed by atoms with Crippen LogP contribution >= 0.6 is 0 Å². The maximum absolute atomic E-state index is 12.6. The minimum Gasteiger partial charge on any atom is -0.466 e. The van der Waals surface area contributed by atoms with Crippen LogP contribution in [0.1, 0.15) is 12.0 Å². The van der Waals surface area contributed by atoms with E-state index in [1.54, 1.807) is 12.2 Å². The molecule has 3 atom stereocenters. The summed E-state index contributed by atoms with van der Waals surface area (Å²) >= 11 is 0. The van der Waals surface area contributed by atoms with Gasteiger partial charge in [0.05, 0.1) is 25.4 Å². The maximum Gasteiger partial charge on any atom is 0.337 e. The third-order valence-electron chi connectivity index (χ3n) is 5.03. The molecule has 6 nitrogen and oxygen atoms in total. The van der Waals surface area contributed by atoms with Gasteiger partial charge in [0.2, 0.25) is 0 Å². The van der Waals surface area contributed by atoms with E-state index in [2.05, 4.69) is 11.9 Å². The Hall–Kier alpha value is -2.70. The molecule has 0 unspecified atom stereocenters. The highest BCUT2D eigenvalue weighted by Gasteiger charge is 2.59. The molecule has 2 aliphatic heterocycles. The lowest BCUT2D eigenvalue weighted by Crippen LogP contribution is -2.93. The number of nitrogens with two attached hydrogens (primary N) is 1. The highest BCUT2D eigenvalue weighted by Crippen LogP contribution is 2.46. The Labute approximate surface area is 158 Å². The van der Waals surface area contributed by atoms with E-state index >= 15 is 0 Å². The fourth-order valence-electron chi connectivity index (χ4n) is 3.78. The summed E-state index contributed by atoms with van der Waals surface area (Å²) in [5.74, 6) is -1.16.